The molecule has 0 amide bonds. The van der Waals surface area contributed by atoms with Gasteiger partial charge in [0, 0.05) is 21.9 Å². The second kappa shape index (κ2) is 10.6. The molecule has 2 aromatic heterocycles. The Morgan fingerprint density at radius 3 is 1.94 bits per heavy atom. The van der Waals surface area contributed by atoms with Crippen LogP contribution in [0.3, 0.4) is 0 Å². The summed E-state index contributed by atoms with van der Waals surface area (Å²) in [6.45, 7) is 10.7. The molecule has 5 aromatic carbocycles. The van der Waals surface area contributed by atoms with Crippen molar-refractivity contribution in [2.45, 2.75) is 26.2 Å². The van der Waals surface area contributed by atoms with Gasteiger partial charge in [-0.15, -0.1) is 0 Å². The molecule has 0 saturated heterocycles. The Labute approximate surface area is 272 Å². The SMILES string of the molecule is C=CC1=C(/C=C\C)c2cc3c4ccccc4n(-c4cccc(-n5c(=O)c6ccccc6n(-c6ccccc6)c5=O)c4)c3cc2C1(C)C. The molecule has 47 heavy (non-hydrogen) atoms. The predicted octanol–water partition coefficient (Wildman–Crippen LogP) is 9.05. The topological polar surface area (TPSA) is 48.9 Å². The Kier molecular flexibility index (Phi) is 6.41. The summed E-state index contributed by atoms with van der Waals surface area (Å²) < 4.78 is 5.15. The van der Waals surface area contributed by atoms with Crippen LogP contribution in [0.25, 0.3) is 55.3 Å². The van der Waals surface area contributed by atoms with Crippen LogP contribution >= 0.6 is 0 Å². The lowest BCUT2D eigenvalue weighted by Gasteiger charge is -2.23. The lowest BCUT2D eigenvalue weighted by Crippen LogP contribution is -2.38. The summed E-state index contributed by atoms with van der Waals surface area (Å²) in [5, 5.41) is 2.75. The minimum absolute atomic E-state index is 0.232. The third kappa shape index (κ3) is 4.09. The highest BCUT2D eigenvalue weighted by Crippen LogP contribution is 2.49. The number of fused-ring (bicyclic) bond motifs is 5. The number of hydrogen-bond acceptors (Lipinski definition) is 2. The van der Waals surface area contributed by atoms with Crippen LogP contribution in [-0.4, -0.2) is 13.7 Å². The minimum Gasteiger partial charge on any atom is -0.309 e. The molecule has 0 bridgehead atoms. The van der Waals surface area contributed by atoms with Crippen molar-refractivity contribution < 1.29 is 0 Å². The number of aromatic nitrogens is 3. The number of allylic oxidation sites excluding steroid dienone is 5. The molecule has 0 unspecified atom stereocenters. The maximum Gasteiger partial charge on any atom is 0.340 e. The lowest BCUT2D eigenvalue weighted by atomic mass is 9.81. The Hall–Kier alpha value is -5.94. The molecule has 5 heteroatoms. The van der Waals surface area contributed by atoms with Gasteiger partial charge in [0.25, 0.3) is 5.56 Å². The van der Waals surface area contributed by atoms with Crippen molar-refractivity contribution >= 4 is 38.3 Å². The quantitative estimate of drug-likeness (QED) is 0.195. The highest BCUT2D eigenvalue weighted by Gasteiger charge is 2.36. The molecule has 2 heterocycles. The zero-order valence-electron chi connectivity index (χ0n) is 26.6. The van der Waals surface area contributed by atoms with Crippen LogP contribution in [0.5, 0.6) is 0 Å². The third-order valence-corrected chi connectivity index (χ3v) is 9.60. The first kappa shape index (κ1) is 28.5. The first-order chi connectivity index (χ1) is 22.8. The van der Waals surface area contributed by atoms with Crippen LogP contribution in [0.1, 0.15) is 31.9 Å². The average Bonchev–Trinajstić information content (AvgIpc) is 3.52. The lowest BCUT2D eigenvalue weighted by molar-refractivity contribution is 0.655. The number of rotatable bonds is 5. The van der Waals surface area contributed by atoms with Gasteiger partial charge < -0.3 is 4.57 Å². The molecule has 0 aliphatic heterocycles. The third-order valence-electron chi connectivity index (χ3n) is 9.60. The van der Waals surface area contributed by atoms with Crippen molar-refractivity contribution in [1.29, 1.82) is 0 Å². The molecule has 0 saturated carbocycles. The Bertz CT molecular complexity index is 2610. The molecule has 0 spiro atoms. The van der Waals surface area contributed by atoms with Gasteiger partial charge in [-0.05, 0) is 89.9 Å². The van der Waals surface area contributed by atoms with Gasteiger partial charge in [-0.1, -0.05) is 93.3 Å². The first-order valence-corrected chi connectivity index (χ1v) is 15.9. The molecule has 0 N–H and O–H groups in total. The van der Waals surface area contributed by atoms with Crippen molar-refractivity contribution in [3.8, 4) is 17.1 Å². The Morgan fingerprint density at radius 1 is 0.617 bits per heavy atom. The standard InChI is InChI=1S/C42H33N3O2/c1-5-15-30-33-25-34-31-20-10-12-22-37(31)43(39(34)26-36(33)42(3,4)35(30)6-2)28-18-14-19-29(24-28)45-40(46)32-21-11-13-23-38(32)44(41(45)47)27-16-8-7-9-17-27/h5-26H,2H2,1,3-4H3/b15-5-. The number of nitrogens with zero attached hydrogens (tertiary/aromatic N) is 3. The van der Waals surface area contributed by atoms with Crippen molar-refractivity contribution in [3.05, 3.63) is 178 Å². The van der Waals surface area contributed by atoms with Crippen LogP contribution in [-0.2, 0) is 5.41 Å². The monoisotopic (exact) mass is 611 g/mol. The second-order valence-corrected chi connectivity index (χ2v) is 12.6. The second-order valence-electron chi connectivity index (χ2n) is 12.6. The normalized spacial score (nSPS) is 14.1. The van der Waals surface area contributed by atoms with E-state index in [1.165, 1.54) is 26.8 Å². The van der Waals surface area contributed by atoms with Gasteiger partial charge in [0.05, 0.1) is 33.3 Å². The van der Waals surface area contributed by atoms with Gasteiger partial charge in [0.2, 0.25) is 0 Å². The molecule has 7 aromatic rings. The molecule has 1 aliphatic rings. The minimum atomic E-state index is -0.418. The molecule has 1 aliphatic carbocycles. The molecule has 0 atom stereocenters. The highest BCUT2D eigenvalue weighted by atomic mass is 16.2. The van der Waals surface area contributed by atoms with Crippen LogP contribution in [0.4, 0.5) is 0 Å². The zero-order valence-corrected chi connectivity index (χ0v) is 26.6. The van der Waals surface area contributed by atoms with E-state index in [4.69, 9.17) is 0 Å². The van der Waals surface area contributed by atoms with Gasteiger partial charge >= 0.3 is 5.69 Å². The fraction of sp³-hybridized carbons (Fsp3) is 0.0952. The summed E-state index contributed by atoms with van der Waals surface area (Å²) in [5.41, 5.74) is 8.62. The van der Waals surface area contributed by atoms with Gasteiger partial charge in [-0.3, -0.25) is 9.36 Å². The fourth-order valence-corrected chi connectivity index (χ4v) is 7.46. The molecule has 8 rings (SSSR count). The summed E-state index contributed by atoms with van der Waals surface area (Å²) >= 11 is 0. The molecule has 228 valence electrons. The molecular formula is C42H33N3O2. The first-order valence-electron chi connectivity index (χ1n) is 15.9. The average molecular weight is 612 g/mol. The summed E-state index contributed by atoms with van der Waals surface area (Å²) in [7, 11) is 0. The van der Waals surface area contributed by atoms with Crippen LogP contribution in [0, 0.1) is 0 Å². The Morgan fingerprint density at radius 2 is 1.23 bits per heavy atom. The van der Waals surface area contributed by atoms with E-state index in [0.717, 1.165) is 27.5 Å². The maximum atomic E-state index is 14.3. The number of para-hydroxylation sites is 3. The zero-order chi connectivity index (χ0) is 32.4. The van der Waals surface area contributed by atoms with E-state index in [1.807, 2.05) is 91.9 Å². The van der Waals surface area contributed by atoms with Gasteiger partial charge in [-0.25, -0.2) is 9.36 Å². The molecule has 0 fully saturated rings. The van der Waals surface area contributed by atoms with E-state index in [1.54, 1.807) is 10.6 Å². The Balaban J connectivity index is 1.41. The van der Waals surface area contributed by atoms with Crippen LogP contribution < -0.4 is 11.2 Å². The van der Waals surface area contributed by atoms with Crippen molar-refractivity contribution in [2.24, 2.45) is 0 Å². The van der Waals surface area contributed by atoms with Crippen molar-refractivity contribution in [2.75, 3.05) is 0 Å². The van der Waals surface area contributed by atoms with Crippen LogP contribution in [0.2, 0.25) is 0 Å². The predicted molar refractivity (Wildman–Crippen MR) is 194 cm³/mol. The summed E-state index contributed by atoms with van der Waals surface area (Å²) in [4.78, 5) is 28.3. The number of benzene rings is 5. The van der Waals surface area contributed by atoms with Gasteiger partial charge in [0.15, 0.2) is 0 Å². The highest BCUT2D eigenvalue weighted by molar-refractivity contribution is 6.11. The summed E-state index contributed by atoms with van der Waals surface area (Å²) in [6, 6.07) is 37.5. The maximum absolute atomic E-state index is 14.3. The van der Waals surface area contributed by atoms with Crippen molar-refractivity contribution in [1.82, 2.24) is 13.7 Å². The van der Waals surface area contributed by atoms with E-state index in [2.05, 4.69) is 67.5 Å². The van der Waals surface area contributed by atoms with E-state index >= 15 is 0 Å². The number of hydrogen-bond donors (Lipinski definition) is 0. The van der Waals surface area contributed by atoms with Gasteiger partial charge in [-0.2, -0.15) is 0 Å². The largest absolute Gasteiger partial charge is 0.340 e. The van der Waals surface area contributed by atoms with Gasteiger partial charge in [0.1, 0.15) is 0 Å². The molecule has 5 nitrogen and oxygen atoms in total. The molecular weight excluding hydrogens is 578 g/mol. The summed E-state index contributed by atoms with van der Waals surface area (Å²) in [5.74, 6) is 0. The van der Waals surface area contributed by atoms with Crippen molar-refractivity contribution in [3.63, 3.8) is 0 Å². The van der Waals surface area contributed by atoms with E-state index in [9.17, 15) is 9.59 Å². The fourth-order valence-electron chi connectivity index (χ4n) is 7.46. The summed E-state index contributed by atoms with van der Waals surface area (Å²) in [6.07, 6.45) is 6.26. The molecule has 0 radical (unpaired) electrons. The van der Waals surface area contributed by atoms with Crippen LogP contribution in [0.15, 0.2) is 155 Å². The van der Waals surface area contributed by atoms with E-state index in [0.29, 0.717) is 22.3 Å². The smallest absolute Gasteiger partial charge is 0.309 e. The van der Waals surface area contributed by atoms with E-state index in [-0.39, 0.29) is 11.0 Å². The van der Waals surface area contributed by atoms with E-state index < -0.39 is 5.69 Å².